The smallest absolute Gasteiger partial charge is 0.388 e. The van der Waals surface area contributed by atoms with Gasteiger partial charge in [0.05, 0.1) is 5.56 Å². The van der Waals surface area contributed by atoms with Gasteiger partial charge in [0.2, 0.25) is 0 Å². The average molecular weight is 260 g/mol. The second kappa shape index (κ2) is 5.29. The number of halogens is 3. The molecule has 0 bridgehead atoms. The Hall–Kier alpha value is -1.72. The van der Waals surface area contributed by atoms with E-state index in [1.165, 1.54) is 19.2 Å². The Morgan fingerprint density at radius 1 is 1.28 bits per heavy atom. The van der Waals surface area contributed by atoms with Crippen LogP contribution in [0.1, 0.15) is 29.8 Å². The molecule has 0 radical (unpaired) electrons. The van der Waals surface area contributed by atoms with Gasteiger partial charge in [-0.15, -0.1) is 0 Å². The van der Waals surface area contributed by atoms with Crippen LogP contribution in [0.3, 0.4) is 0 Å². The predicted octanol–water partition coefficient (Wildman–Crippen LogP) is 2.89. The zero-order chi connectivity index (χ0) is 13.9. The molecule has 0 aliphatic rings. The first-order valence-electron chi connectivity index (χ1n) is 5.45. The van der Waals surface area contributed by atoms with E-state index < -0.39 is 17.6 Å². The molecule has 3 nitrogen and oxygen atoms in total. The van der Waals surface area contributed by atoms with E-state index in [0.717, 1.165) is 6.07 Å². The van der Waals surface area contributed by atoms with E-state index in [9.17, 15) is 18.0 Å². The molecule has 1 rings (SSSR count). The molecule has 1 aromatic rings. The minimum atomic E-state index is -4.49. The van der Waals surface area contributed by atoms with Crippen LogP contribution in [0.15, 0.2) is 18.2 Å². The number of benzene rings is 1. The number of hydrogen-bond acceptors (Lipinski definition) is 2. The van der Waals surface area contributed by atoms with E-state index in [1.807, 2.05) is 0 Å². The summed E-state index contributed by atoms with van der Waals surface area (Å²) in [5.41, 5.74) is -0.903. The molecule has 0 aliphatic carbocycles. The van der Waals surface area contributed by atoms with E-state index in [0.29, 0.717) is 0 Å². The third-order valence-electron chi connectivity index (χ3n) is 2.28. The van der Waals surface area contributed by atoms with Gasteiger partial charge < -0.3 is 10.6 Å². The van der Waals surface area contributed by atoms with Gasteiger partial charge in [-0.25, -0.2) is 0 Å². The van der Waals surface area contributed by atoms with Gasteiger partial charge in [-0.05, 0) is 32.0 Å². The molecule has 0 saturated carbocycles. The first-order chi connectivity index (χ1) is 8.25. The summed E-state index contributed by atoms with van der Waals surface area (Å²) in [7, 11) is 1.40. The third-order valence-corrected chi connectivity index (χ3v) is 2.28. The van der Waals surface area contributed by atoms with Crippen LogP contribution in [0.4, 0.5) is 18.9 Å². The number of anilines is 1. The molecule has 0 heterocycles. The van der Waals surface area contributed by atoms with E-state index in [1.54, 1.807) is 13.8 Å². The Bertz CT molecular complexity index is 441. The van der Waals surface area contributed by atoms with Gasteiger partial charge >= 0.3 is 6.18 Å². The molecule has 0 saturated heterocycles. The van der Waals surface area contributed by atoms with Crippen molar-refractivity contribution in [2.45, 2.75) is 26.1 Å². The topological polar surface area (TPSA) is 41.1 Å². The predicted molar refractivity (Wildman–Crippen MR) is 63.6 cm³/mol. The van der Waals surface area contributed by atoms with Crippen molar-refractivity contribution >= 4 is 11.6 Å². The van der Waals surface area contributed by atoms with Crippen LogP contribution in [-0.4, -0.2) is 19.0 Å². The third kappa shape index (κ3) is 3.38. The second-order valence-electron chi connectivity index (χ2n) is 4.14. The molecule has 0 atom stereocenters. The van der Waals surface area contributed by atoms with Crippen molar-refractivity contribution in [2.75, 3.05) is 12.4 Å². The van der Waals surface area contributed by atoms with Crippen LogP contribution in [0.2, 0.25) is 0 Å². The maximum absolute atomic E-state index is 12.8. The Kier molecular flexibility index (Phi) is 4.21. The number of amides is 1. The maximum atomic E-state index is 12.8. The molecule has 6 heteroatoms. The van der Waals surface area contributed by atoms with Gasteiger partial charge in [0.1, 0.15) is 0 Å². The van der Waals surface area contributed by atoms with Gasteiger partial charge in [0, 0.05) is 24.3 Å². The number of nitrogens with one attached hydrogen (secondary N) is 2. The van der Waals surface area contributed by atoms with Crippen molar-refractivity contribution in [1.29, 1.82) is 0 Å². The summed E-state index contributed by atoms with van der Waals surface area (Å²) in [6.45, 7) is 3.48. The number of alkyl halides is 3. The summed E-state index contributed by atoms with van der Waals surface area (Å²) < 4.78 is 38.3. The molecule has 1 aromatic carbocycles. The molecule has 0 aliphatic heterocycles. The van der Waals surface area contributed by atoms with Crippen LogP contribution < -0.4 is 10.6 Å². The summed E-state index contributed by atoms with van der Waals surface area (Å²) in [6.07, 6.45) is -4.49. The van der Waals surface area contributed by atoms with Crippen molar-refractivity contribution in [3.63, 3.8) is 0 Å². The lowest BCUT2D eigenvalue weighted by molar-refractivity contribution is -0.136. The highest BCUT2D eigenvalue weighted by Crippen LogP contribution is 2.35. The molecular formula is C12H15F3N2O. The zero-order valence-corrected chi connectivity index (χ0v) is 10.4. The zero-order valence-electron chi connectivity index (χ0n) is 10.4. The average Bonchev–Trinajstić information content (AvgIpc) is 2.26. The largest absolute Gasteiger partial charge is 0.418 e. The lowest BCUT2D eigenvalue weighted by Gasteiger charge is -2.14. The van der Waals surface area contributed by atoms with E-state index >= 15 is 0 Å². The number of rotatable bonds is 3. The van der Waals surface area contributed by atoms with Crippen LogP contribution in [-0.2, 0) is 6.18 Å². The second-order valence-corrected chi connectivity index (χ2v) is 4.14. The van der Waals surface area contributed by atoms with E-state index in [-0.39, 0.29) is 17.3 Å². The van der Waals surface area contributed by atoms with Gasteiger partial charge in [-0.1, -0.05) is 0 Å². The normalized spacial score (nSPS) is 11.5. The van der Waals surface area contributed by atoms with Gasteiger partial charge in [-0.2, -0.15) is 13.2 Å². The minimum Gasteiger partial charge on any atom is -0.388 e. The first-order valence-corrected chi connectivity index (χ1v) is 5.45. The Morgan fingerprint density at radius 3 is 2.33 bits per heavy atom. The van der Waals surface area contributed by atoms with Gasteiger partial charge in [-0.3, -0.25) is 4.79 Å². The number of hydrogen-bond donors (Lipinski definition) is 2. The fourth-order valence-corrected chi connectivity index (χ4v) is 1.48. The fraction of sp³-hybridized carbons (Fsp3) is 0.417. The Morgan fingerprint density at radius 2 is 1.89 bits per heavy atom. The van der Waals surface area contributed by atoms with Crippen LogP contribution in [0.5, 0.6) is 0 Å². The summed E-state index contributed by atoms with van der Waals surface area (Å²) in [6, 6.07) is 3.33. The summed E-state index contributed by atoms with van der Waals surface area (Å²) in [5, 5.41) is 5.01. The van der Waals surface area contributed by atoms with Crippen LogP contribution in [0, 0.1) is 0 Å². The monoisotopic (exact) mass is 260 g/mol. The molecule has 100 valence electrons. The van der Waals surface area contributed by atoms with E-state index in [2.05, 4.69) is 10.6 Å². The summed E-state index contributed by atoms with van der Waals surface area (Å²) in [4.78, 5) is 11.6. The molecule has 0 unspecified atom stereocenters. The van der Waals surface area contributed by atoms with Crippen molar-refractivity contribution in [3.8, 4) is 0 Å². The highest BCUT2D eigenvalue weighted by Gasteiger charge is 2.34. The molecular weight excluding hydrogens is 245 g/mol. The minimum absolute atomic E-state index is 0.00461. The van der Waals surface area contributed by atoms with Gasteiger partial charge in [0.25, 0.3) is 5.91 Å². The first kappa shape index (κ1) is 14.3. The number of carbonyl (C=O) groups excluding carboxylic acids is 1. The summed E-state index contributed by atoms with van der Waals surface area (Å²) in [5.74, 6) is -0.516. The molecule has 0 aromatic heterocycles. The fourth-order valence-electron chi connectivity index (χ4n) is 1.48. The lowest BCUT2D eigenvalue weighted by Crippen LogP contribution is -2.30. The Balaban J connectivity index is 3.15. The van der Waals surface area contributed by atoms with Crippen LogP contribution >= 0.6 is 0 Å². The van der Waals surface area contributed by atoms with Crippen LogP contribution in [0.25, 0.3) is 0 Å². The quantitative estimate of drug-likeness (QED) is 0.877. The highest BCUT2D eigenvalue weighted by atomic mass is 19.4. The van der Waals surface area contributed by atoms with Crippen molar-refractivity contribution in [1.82, 2.24) is 5.32 Å². The maximum Gasteiger partial charge on any atom is 0.418 e. The SMILES string of the molecule is CNc1ccc(C(=O)NC(C)C)cc1C(F)(F)F. The molecule has 0 fully saturated rings. The molecule has 2 N–H and O–H groups in total. The molecule has 0 spiro atoms. The van der Waals surface area contributed by atoms with Gasteiger partial charge in [0.15, 0.2) is 0 Å². The Labute approximate surface area is 103 Å². The highest BCUT2D eigenvalue weighted by molar-refractivity contribution is 5.95. The lowest BCUT2D eigenvalue weighted by atomic mass is 10.1. The standard InChI is InChI=1S/C12H15F3N2O/c1-7(2)17-11(18)8-4-5-10(16-3)9(6-8)12(13,14)15/h4-7,16H,1-3H3,(H,17,18). The summed E-state index contributed by atoms with van der Waals surface area (Å²) >= 11 is 0. The van der Waals surface area contributed by atoms with E-state index in [4.69, 9.17) is 0 Å². The van der Waals surface area contributed by atoms with Crippen molar-refractivity contribution in [2.24, 2.45) is 0 Å². The number of carbonyl (C=O) groups is 1. The molecule has 18 heavy (non-hydrogen) atoms. The van der Waals surface area contributed by atoms with Crippen molar-refractivity contribution in [3.05, 3.63) is 29.3 Å². The molecule has 1 amide bonds. The van der Waals surface area contributed by atoms with Crippen molar-refractivity contribution < 1.29 is 18.0 Å².